The number of ether oxygens (including phenoxy) is 1. The van der Waals surface area contributed by atoms with Gasteiger partial charge in [0.15, 0.2) is 0 Å². The normalized spacial score (nSPS) is 15.8. The summed E-state index contributed by atoms with van der Waals surface area (Å²) in [5, 5.41) is 4.24. The van der Waals surface area contributed by atoms with Crippen molar-refractivity contribution < 1.29 is 13.2 Å². The Hall–Kier alpha value is -0.500. The molecular formula is C9H13BrN2O3S. The van der Waals surface area contributed by atoms with E-state index in [0.717, 1.165) is 4.47 Å². The van der Waals surface area contributed by atoms with E-state index in [1.165, 1.54) is 14.0 Å². The summed E-state index contributed by atoms with van der Waals surface area (Å²) in [4.78, 5) is 4.09. The molecule has 0 aliphatic carbocycles. The van der Waals surface area contributed by atoms with Crippen LogP contribution >= 0.6 is 15.9 Å². The Kier molecular flexibility index (Phi) is 4.43. The molecule has 0 saturated carbocycles. The molecule has 7 heteroatoms. The van der Waals surface area contributed by atoms with Gasteiger partial charge >= 0.3 is 0 Å². The summed E-state index contributed by atoms with van der Waals surface area (Å²) in [7, 11) is -2.22. The van der Waals surface area contributed by atoms with E-state index < -0.39 is 21.4 Å². The van der Waals surface area contributed by atoms with Gasteiger partial charge in [-0.2, -0.15) is 0 Å². The fourth-order valence-corrected chi connectivity index (χ4v) is 2.11. The predicted octanol–water partition coefficient (Wildman–Crippen LogP) is 1.21. The van der Waals surface area contributed by atoms with Crippen molar-refractivity contribution in [2.24, 2.45) is 5.14 Å². The van der Waals surface area contributed by atoms with E-state index in [1.807, 2.05) is 0 Å². The minimum atomic E-state index is -3.65. The minimum Gasteiger partial charge on any atom is -0.374 e. The molecule has 0 unspecified atom stereocenters. The van der Waals surface area contributed by atoms with Gasteiger partial charge in [0.1, 0.15) is 11.4 Å². The molecule has 0 fully saturated rings. The molecule has 90 valence electrons. The first kappa shape index (κ1) is 13.6. The smallest absolute Gasteiger partial charge is 0.214 e. The van der Waals surface area contributed by atoms with Crippen molar-refractivity contribution >= 4 is 26.0 Å². The third kappa shape index (κ3) is 3.24. The number of aromatic nitrogens is 1. The summed E-state index contributed by atoms with van der Waals surface area (Å²) in [6.07, 6.45) is 0.917. The fraction of sp³-hybridized carbons (Fsp3) is 0.444. The van der Waals surface area contributed by atoms with Crippen LogP contribution in [0.1, 0.15) is 18.7 Å². The van der Waals surface area contributed by atoms with Crippen LogP contribution in [0.15, 0.2) is 22.8 Å². The van der Waals surface area contributed by atoms with Crippen molar-refractivity contribution in [1.82, 2.24) is 4.98 Å². The van der Waals surface area contributed by atoms with Crippen LogP contribution in [-0.2, 0) is 14.8 Å². The van der Waals surface area contributed by atoms with Gasteiger partial charge in [0.25, 0.3) is 0 Å². The number of methoxy groups -OCH3 is 1. The van der Waals surface area contributed by atoms with E-state index in [0.29, 0.717) is 5.69 Å². The first-order chi connectivity index (χ1) is 7.36. The lowest BCUT2D eigenvalue weighted by Crippen LogP contribution is -2.32. The molecule has 0 spiro atoms. The zero-order valence-corrected chi connectivity index (χ0v) is 11.3. The van der Waals surface area contributed by atoms with Crippen LogP contribution in [0.4, 0.5) is 0 Å². The van der Waals surface area contributed by atoms with Gasteiger partial charge in [0.2, 0.25) is 10.0 Å². The van der Waals surface area contributed by atoms with E-state index in [9.17, 15) is 8.42 Å². The highest BCUT2D eigenvalue weighted by Crippen LogP contribution is 2.23. The van der Waals surface area contributed by atoms with Crippen molar-refractivity contribution in [3.8, 4) is 0 Å². The summed E-state index contributed by atoms with van der Waals surface area (Å²) >= 11 is 3.25. The third-order valence-electron chi connectivity index (χ3n) is 2.24. The lowest BCUT2D eigenvalue weighted by Gasteiger charge is -2.20. The molecule has 2 N–H and O–H groups in total. The number of sulfonamides is 1. The predicted molar refractivity (Wildman–Crippen MR) is 64.3 cm³/mol. The highest BCUT2D eigenvalue weighted by Gasteiger charge is 2.28. The summed E-state index contributed by atoms with van der Waals surface area (Å²) in [5.74, 6) is 0. The molecule has 5 nitrogen and oxygen atoms in total. The highest BCUT2D eigenvalue weighted by molar-refractivity contribution is 9.10. The second-order valence-corrected chi connectivity index (χ2v) is 6.19. The number of nitrogens with two attached hydrogens (primary N) is 1. The van der Waals surface area contributed by atoms with Crippen LogP contribution in [0, 0.1) is 0 Å². The summed E-state index contributed by atoms with van der Waals surface area (Å²) in [5.41, 5.74) is 0.534. The second kappa shape index (κ2) is 5.22. The Morgan fingerprint density at radius 1 is 1.50 bits per heavy atom. The van der Waals surface area contributed by atoms with Gasteiger partial charge in [-0.15, -0.1) is 0 Å². The van der Waals surface area contributed by atoms with Crippen LogP contribution in [0.2, 0.25) is 0 Å². The first-order valence-corrected chi connectivity index (χ1v) is 6.92. The zero-order valence-electron chi connectivity index (χ0n) is 8.92. The van der Waals surface area contributed by atoms with Gasteiger partial charge in [0, 0.05) is 17.8 Å². The molecule has 2 atom stereocenters. The number of halogens is 1. The van der Waals surface area contributed by atoms with Crippen molar-refractivity contribution in [2.75, 3.05) is 7.11 Å². The number of rotatable bonds is 4. The van der Waals surface area contributed by atoms with E-state index in [1.54, 1.807) is 18.3 Å². The van der Waals surface area contributed by atoms with E-state index in [2.05, 4.69) is 20.9 Å². The van der Waals surface area contributed by atoms with E-state index in [4.69, 9.17) is 9.88 Å². The molecule has 1 heterocycles. The summed E-state index contributed by atoms with van der Waals surface area (Å²) in [6, 6.07) is 3.46. The fourth-order valence-electron chi connectivity index (χ4n) is 1.28. The zero-order chi connectivity index (χ0) is 12.3. The average Bonchev–Trinajstić information content (AvgIpc) is 2.20. The van der Waals surface area contributed by atoms with Crippen molar-refractivity contribution in [3.05, 3.63) is 28.5 Å². The van der Waals surface area contributed by atoms with Crippen LogP contribution < -0.4 is 5.14 Å². The number of hydrogen-bond donors (Lipinski definition) is 1. The Morgan fingerprint density at radius 3 is 2.50 bits per heavy atom. The van der Waals surface area contributed by atoms with E-state index >= 15 is 0 Å². The van der Waals surface area contributed by atoms with Crippen molar-refractivity contribution in [1.29, 1.82) is 0 Å². The van der Waals surface area contributed by atoms with E-state index in [-0.39, 0.29) is 0 Å². The maximum Gasteiger partial charge on any atom is 0.214 e. The SMILES string of the molecule is CO[C@H](c1ccc(Br)cn1)[C@H](C)S(N)(=O)=O. The van der Waals surface area contributed by atoms with Crippen LogP contribution in [0.25, 0.3) is 0 Å². The van der Waals surface area contributed by atoms with Crippen LogP contribution in [-0.4, -0.2) is 25.8 Å². The molecule has 1 aromatic heterocycles. The second-order valence-electron chi connectivity index (χ2n) is 3.35. The maximum absolute atomic E-state index is 11.2. The Morgan fingerprint density at radius 2 is 2.12 bits per heavy atom. The topological polar surface area (TPSA) is 82.3 Å². The minimum absolute atomic E-state index is 0.534. The largest absolute Gasteiger partial charge is 0.374 e. The van der Waals surface area contributed by atoms with Gasteiger partial charge < -0.3 is 4.74 Å². The first-order valence-electron chi connectivity index (χ1n) is 4.52. The molecule has 0 aliphatic rings. The summed E-state index contributed by atoms with van der Waals surface area (Å²) < 4.78 is 28.4. The van der Waals surface area contributed by atoms with Gasteiger partial charge in [-0.05, 0) is 35.0 Å². The van der Waals surface area contributed by atoms with Gasteiger partial charge in [-0.1, -0.05) is 0 Å². The number of nitrogens with zero attached hydrogens (tertiary/aromatic N) is 1. The lowest BCUT2D eigenvalue weighted by atomic mass is 10.2. The number of hydrogen-bond acceptors (Lipinski definition) is 4. The Bertz CT molecular complexity index is 446. The van der Waals surface area contributed by atoms with Crippen molar-refractivity contribution in [3.63, 3.8) is 0 Å². The molecule has 0 saturated heterocycles. The molecule has 1 aromatic rings. The molecule has 0 aliphatic heterocycles. The molecule has 16 heavy (non-hydrogen) atoms. The van der Waals surface area contributed by atoms with Crippen LogP contribution in [0.5, 0.6) is 0 Å². The molecular weight excluding hydrogens is 296 g/mol. The molecule has 0 amide bonds. The van der Waals surface area contributed by atoms with Crippen LogP contribution in [0.3, 0.4) is 0 Å². The average molecular weight is 309 g/mol. The molecule has 0 bridgehead atoms. The standard InChI is InChI=1S/C9H13BrN2O3S/c1-6(16(11,13)14)9(15-2)8-4-3-7(10)5-12-8/h3-6,9H,1-2H3,(H2,11,13,14)/t6-,9-/m0/s1. The number of pyridine rings is 1. The van der Waals surface area contributed by atoms with Gasteiger partial charge in [0.05, 0.1) is 5.69 Å². The highest BCUT2D eigenvalue weighted by atomic mass is 79.9. The lowest BCUT2D eigenvalue weighted by molar-refractivity contribution is 0.0987. The Balaban J connectivity index is 3.03. The monoisotopic (exact) mass is 308 g/mol. The maximum atomic E-state index is 11.2. The number of primary sulfonamides is 1. The third-order valence-corrected chi connectivity index (χ3v) is 3.99. The molecule has 1 rings (SSSR count). The molecule has 0 aromatic carbocycles. The van der Waals surface area contributed by atoms with Gasteiger partial charge in [-0.25, -0.2) is 13.6 Å². The quantitative estimate of drug-likeness (QED) is 0.906. The Labute approximate surface area is 103 Å². The van der Waals surface area contributed by atoms with Crippen molar-refractivity contribution in [2.45, 2.75) is 18.3 Å². The molecule has 0 radical (unpaired) electrons. The summed E-state index contributed by atoms with van der Waals surface area (Å²) in [6.45, 7) is 1.49. The van der Waals surface area contributed by atoms with Gasteiger partial charge in [-0.3, -0.25) is 4.98 Å².